The Bertz CT molecular complexity index is 399. The summed E-state index contributed by atoms with van der Waals surface area (Å²) in [7, 11) is 0. The van der Waals surface area contributed by atoms with Gasteiger partial charge in [0.15, 0.2) is 0 Å². The third kappa shape index (κ3) is 3.23. The number of aliphatic hydroxyl groups is 1. The number of hydrogen-bond acceptors (Lipinski definition) is 2. The Morgan fingerprint density at radius 3 is 2.78 bits per heavy atom. The van der Waals surface area contributed by atoms with Gasteiger partial charge in [0.2, 0.25) is 0 Å². The van der Waals surface area contributed by atoms with Crippen molar-refractivity contribution in [3.05, 3.63) is 35.4 Å². The van der Waals surface area contributed by atoms with Gasteiger partial charge >= 0.3 is 6.18 Å². The molecular formula is C13H16F3NO. The molecule has 5 heteroatoms. The van der Waals surface area contributed by atoms with E-state index in [1.165, 1.54) is 6.07 Å². The molecule has 1 aromatic rings. The molecule has 100 valence electrons. The Morgan fingerprint density at radius 1 is 1.39 bits per heavy atom. The lowest BCUT2D eigenvalue weighted by Gasteiger charge is -2.16. The zero-order valence-electron chi connectivity index (χ0n) is 9.87. The third-order valence-corrected chi connectivity index (χ3v) is 3.32. The number of nitrogens with one attached hydrogen (secondary N) is 1. The summed E-state index contributed by atoms with van der Waals surface area (Å²) in [5, 5.41) is 13.1. The highest BCUT2D eigenvalue weighted by Gasteiger charge is 2.31. The van der Waals surface area contributed by atoms with Crippen LogP contribution in [0.5, 0.6) is 0 Å². The quantitative estimate of drug-likeness (QED) is 0.874. The summed E-state index contributed by atoms with van der Waals surface area (Å²) >= 11 is 0. The fraction of sp³-hybridized carbons (Fsp3) is 0.538. The van der Waals surface area contributed by atoms with Gasteiger partial charge in [-0.15, -0.1) is 0 Å². The lowest BCUT2D eigenvalue weighted by molar-refractivity contribution is -0.137. The van der Waals surface area contributed by atoms with E-state index in [0.717, 1.165) is 31.6 Å². The Balaban J connectivity index is 2.07. The number of hydrogen-bond donors (Lipinski definition) is 2. The van der Waals surface area contributed by atoms with E-state index >= 15 is 0 Å². The normalized spacial score (nSPS) is 22.1. The first-order valence-electron chi connectivity index (χ1n) is 6.03. The van der Waals surface area contributed by atoms with Crippen LogP contribution < -0.4 is 5.32 Å². The summed E-state index contributed by atoms with van der Waals surface area (Å²) in [6.07, 6.45) is -3.70. The van der Waals surface area contributed by atoms with Gasteiger partial charge in [0, 0.05) is 0 Å². The van der Waals surface area contributed by atoms with Crippen LogP contribution in [-0.2, 0) is 6.18 Å². The number of halogens is 3. The first kappa shape index (κ1) is 13.4. The van der Waals surface area contributed by atoms with E-state index in [1.54, 1.807) is 6.07 Å². The molecule has 0 aromatic heterocycles. The second-order valence-electron chi connectivity index (χ2n) is 4.73. The van der Waals surface area contributed by atoms with E-state index < -0.39 is 17.8 Å². The van der Waals surface area contributed by atoms with E-state index in [9.17, 15) is 18.3 Å². The van der Waals surface area contributed by atoms with Gasteiger partial charge in [-0.2, -0.15) is 13.2 Å². The minimum absolute atomic E-state index is 0.342. The van der Waals surface area contributed by atoms with Crippen LogP contribution in [0.25, 0.3) is 0 Å². The second-order valence-corrected chi connectivity index (χ2v) is 4.73. The lowest BCUT2D eigenvalue weighted by Crippen LogP contribution is -2.12. The van der Waals surface area contributed by atoms with Crippen LogP contribution in [0.2, 0.25) is 0 Å². The topological polar surface area (TPSA) is 32.3 Å². The molecule has 0 bridgehead atoms. The molecule has 2 N–H and O–H groups in total. The van der Waals surface area contributed by atoms with Gasteiger partial charge < -0.3 is 10.4 Å². The summed E-state index contributed by atoms with van der Waals surface area (Å²) in [5.41, 5.74) is -0.361. The van der Waals surface area contributed by atoms with Gasteiger partial charge in [-0.05, 0) is 49.5 Å². The molecule has 18 heavy (non-hydrogen) atoms. The number of alkyl halides is 3. The van der Waals surface area contributed by atoms with Crippen molar-refractivity contribution in [3.8, 4) is 0 Å². The molecule has 1 saturated heterocycles. The highest BCUT2D eigenvalue weighted by molar-refractivity contribution is 5.27. The molecule has 0 spiro atoms. The first-order valence-corrected chi connectivity index (χ1v) is 6.03. The number of benzene rings is 1. The maximum Gasteiger partial charge on any atom is 0.416 e. The third-order valence-electron chi connectivity index (χ3n) is 3.32. The van der Waals surface area contributed by atoms with Gasteiger partial charge in [-0.3, -0.25) is 0 Å². The minimum Gasteiger partial charge on any atom is -0.388 e. The highest BCUT2D eigenvalue weighted by atomic mass is 19.4. The van der Waals surface area contributed by atoms with Crippen LogP contribution in [0.4, 0.5) is 13.2 Å². The van der Waals surface area contributed by atoms with Gasteiger partial charge in [-0.1, -0.05) is 12.1 Å². The molecule has 1 aliphatic heterocycles. The van der Waals surface area contributed by atoms with Crippen molar-refractivity contribution in [1.82, 2.24) is 5.32 Å². The fourth-order valence-corrected chi connectivity index (χ4v) is 2.29. The van der Waals surface area contributed by atoms with E-state index in [1.807, 2.05) is 0 Å². The number of aliphatic hydroxyl groups excluding tert-OH is 1. The van der Waals surface area contributed by atoms with Gasteiger partial charge in [0.25, 0.3) is 0 Å². The van der Waals surface area contributed by atoms with Gasteiger partial charge in [0.1, 0.15) is 0 Å². The van der Waals surface area contributed by atoms with E-state index in [-0.39, 0.29) is 0 Å². The molecule has 2 atom stereocenters. The van der Waals surface area contributed by atoms with E-state index in [4.69, 9.17) is 0 Å². The molecule has 1 aliphatic rings. The first-order chi connectivity index (χ1) is 8.47. The van der Waals surface area contributed by atoms with Crippen molar-refractivity contribution in [2.24, 2.45) is 5.92 Å². The van der Waals surface area contributed by atoms with Crippen molar-refractivity contribution in [1.29, 1.82) is 0 Å². The van der Waals surface area contributed by atoms with Crippen LogP contribution >= 0.6 is 0 Å². The van der Waals surface area contributed by atoms with E-state index in [2.05, 4.69) is 5.32 Å². The van der Waals surface area contributed by atoms with Crippen molar-refractivity contribution in [2.45, 2.75) is 25.1 Å². The summed E-state index contributed by atoms with van der Waals surface area (Å²) in [4.78, 5) is 0. The lowest BCUT2D eigenvalue weighted by atomic mass is 9.95. The zero-order chi connectivity index (χ0) is 13.2. The molecule has 0 amide bonds. The van der Waals surface area contributed by atoms with Crippen molar-refractivity contribution in [2.75, 3.05) is 13.1 Å². The smallest absolute Gasteiger partial charge is 0.388 e. The monoisotopic (exact) mass is 259 g/mol. The average molecular weight is 259 g/mol. The summed E-state index contributed by atoms with van der Waals surface area (Å²) in [5.74, 6) is 0.342. The Morgan fingerprint density at radius 2 is 2.17 bits per heavy atom. The van der Waals surface area contributed by atoms with Crippen LogP contribution in [0.3, 0.4) is 0 Å². The van der Waals surface area contributed by atoms with Crippen molar-refractivity contribution in [3.63, 3.8) is 0 Å². The standard InChI is InChI=1S/C13H16F3NO/c14-13(15,16)11-3-1-2-10(7-11)12(18)6-9-4-5-17-8-9/h1-3,7,9,12,17-18H,4-6,8H2. The molecule has 0 saturated carbocycles. The summed E-state index contributed by atoms with van der Waals surface area (Å²) < 4.78 is 37.6. The predicted octanol–water partition coefficient (Wildman–Crippen LogP) is 2.74. The van der Waals surface area contributed by atoms with Crippen LogP contribution in [-0.4, -0.2) is 18.2 Å². The van der Waals surface area contributed by atoms with Crippen molar-refractivity contribution >= 4 is 0 Å². The number of rotatable bonds is 3. The van der Waals surface area contributed by atoms with Gasteiger partial charge in [0.05, 0.1) is 11.7 Å². The maximum absolute atomic E-state index is 12.5. The second kappa shape index (κ2) is 5.28. The summed E-state index contributed by atoms with van der Waals surface area (Å²) in [6.45, 7) is 1.75. The molecule has 0 radical (unpaired) electrons. The molecular weight excluding hydrogens is 243 g/mol. The Kier molecular flexibility index (Phi) is 3.92. The summed E-state index contributed by atoms with van der Waals surface area (Å²) in [6, 6.07) is 4.94. The molecule has 1 heterocycles. The van der Waals surface area contributed by atoms with E-state index in [0.29, 0.717) is 17.9 Å². The Hall–Kier alpha value is -1.07. The van der Waals surface area contributed by atoms with Crippen LogP contribution in [0, 0.1) is 5.92 Å². The highest BCUT2D eigenvalue weighted by Crippen LogP contribution is 2.32. The molecule has 2 nitrogen and oxygen atoms in total. The molecule has 1 aromatic carbocycles. The molecule has 0 aliphatic carbocycles. The van der Waals surface area contributed by atoms with Crippen LogP contribution in [0.15, 0.2) is 24.3 Å². The van der Waals surface area contributed by atoms with Crippen LogP contribution in [0.1, 0.15) is 30.1 Å². The maximum atomic E-state index is 12.5. The predicted molar refractivity (Wildman–Crippen MR) is 62.0 cm³/mol. The van der Waals surface area contributed by atoms with Crippen molar-refractivity contribution < 1.29 is 18.3 Å². The Labute approximate surface area is 104 Å². The minimum atomic E-state index is -4.36. The fourth-order valence-electron chi connectivity index (χ4n) is 2.29. The SMILES string of the molecule is OC(CC1CCNC1)c1cccc(C(F)(F)F)c1. The average Bonchev–Trinajstić information content (AvgIpc) is 2.81. The molecule has 1 fully saturated rings. The van der Waals surface area contributed by atoms with Gasteiger partial charge in [-0.25, -0.2) is 0 Å². The largest absolute Gasteiger partial charge is 0.416 e. The molecule has 2 rings (SSSR count). The zero-order valence-corrected chi connectivity index (χ0v) is 9.87. The molecule has 2 unspecified atom stereocenters.